The fourth-order valence-electron chi connectivity index (χ4n) is 2.60. The maximum atomic E-state index is 12.0. The number of rotatable bonds is 4. The lowest BCUT2D eigenvalue weighted by Gasteiger charge is -2.25. The second-order valence-electron chi connectivity index (χ2n) is 7.08. The average molecular weight is 399 g/mol. The number of halogens is 1. The highest BCUT2D eigenvalue weighted by Crippen LogP contribution is 2.33. The Hall–Kier alpha value is -1.27. The normalized spacial score (nSPS) is 17.5. The van der Waals surface area contributed by atoms with Gasteiger partial charge in [-0.15, -0.1) is 0 Å². The summed E-state index contributed by atoms with van der Waals surface area (Å²) in [5, 5.41) is 3.54. The van der Waals surface area contributed by atoms with Crippen LogP contribution in [-0.4, -0.2) is 43.3 Å². The first-order valence-electron chi connectivity index (χ1n) is 8.36. The van der Waals surface area contributed by atoms with Crippen LogP contribution in [0.3, 0.4) is 0 Å². The number of ether oxygens (including phenoxy) is 2. The van der Waals surface area contributed by atoms with Crippen LogP contribution in [0, 0.1) is 0 Å². The Bertz CT molecular complexity index is 572. The van der Waals surface area contributed by atoms with Crippen molar-refractivity contribution in [2.24, 2.45) is 0 Å². The van der Waals surface area contributed by atoms with E-state index in [9.17, 15) is 4.79 Å². The van der Waals surface area contributed by atoms with Gasteiger partial charge in [-0.3, -0.25) is 0 Å². The van der Waals surface area contributed by atoms with Gasteiger partial charge in [-0.05, 0) is 45.7 Å². The van der Waals surface area contributed by atoms with Crippen LogP contribution >= 0.6 is 15.9 Å². The molecule has 1 amide bonds. The second kappa shape index (κ2) is 8.21. The zero-order chi connectivity index (χ0) is 17.7. The molecule has 0 saturated heterocycles. The minimum atomic E-state index is -0.469. The fourth-order valence-corrected chi connectivity index (χ4v) is 2.94. The van der Waals surface area contributed by atoms with Crippen molar-refractivity contribution in [1.82, 2.24) is 10.2 Å². The number of benzene rings is 1. The Morgan fingerprint density at radius 3 is 2.92 bits per heavy atom. The SMILES string of the molecule is CN(CCNC1CCCOc2cc(Br)ccc21)C(=O)OC(C)(C)C. The van der Waals surface area contributed by atoms with Gasteiger partial charge in [0.1, 0.15) is 11.4 Å². The van der Waals surface area contributed by atoms with Gasteiger partial charge in [0.25, 0.3) is 0 Å². The smallest absolute Gasteiger partial charge is 0.410 e. The van der Waals surface area contributed by atoms with Gasteiger partial charge in [-0.2, -0.15) is 0 Å². The fraction of sp³-hybridized carbons (Fsp3) is 0.611. The molecule has 1 aromatic carbocycles. The second-order valence-corrected chi connectivity index (χ2v) is 8.00. The summed E-state index contributed by atoms with van der Waals surface area (Å²) in [4.78, 5) is 13.6. The van der Waals surface area contributed by atoms with Crippen molar-refractivity contribution in [2.45, 2.75) is 45.3 Å². The molecule has 1 aromatic rings. The van der Waals surface area contributed by atoms with Crippen molar-refractivity contribution in [2.75, 3.05) is 26.7 Å². The van der Waals surface area contributed by atoms with Crippen molar-refractivity contribution in [3.8, 4) is 5.75 Å². The van der Waals surface area contributed by atoms with Crippen molar-refractivity contribution >= 4 is 22.0 Å². The predicted molar refractivity (Wildman–Crippen MR) is 98.5 cm³/mol. The van der Waals surface area contributed by atoms with Crippen molar-refractivity contribution in [3.63, 3.8) is 0 Å². The number of amides is 1. The summed E-state index contributed by atoms with van der Waals surface area (Å²) in [5.74, 6) is 0.930. The molecule has 0 radical (unpaired) electrons. The van der Waals surface area contributed by atoms with Crippen molar-refractivity contribution in [1.29, 1.82) is 0 Å². The monoisotopic (exact) mass is 398 g/mol. The van der Waals surface area contributed by atoms with E-state index >= 15 is 0 Å². The van der Waals surface area contributed by atoms with Gasteiger partial charge < -0.3 is 19.7 Å². The van der Waals surface area contributed by atoms with E-state index in [1.54, 1.807) is 11.9 Å². The molecule has 0 fully saturated rings. The molecule has 1 atom stereocenters. The van der Waals surface area contributed by atoms with Gasteiger partial charge in [-0.1, -0.05) is 22.0 Å². The number of fused-ring (bicyclic) bond motifs is 1. The van der Waals surface area contributed by atoms with E-state index < -0.39 is 5.60 Å². The highest BCUT2D eigenvalue weighted by atomic mass is 79.9. The Labute approximate surface area is 152 Å². The Morgan fingerprint density at radius 2 is 2.21 bits per heavy atom. The molecule has 0 spiro atoms. The van der Waals surface area contributed by atoms with Crippen LogP contribution in [0.25, 0.3) is 0 Å². The summed E-state index contributed by atoms with van der Waals surface area (Å²) >= 11 is 3.49. The third-order valence-electron chi connectivity index (χ3n) is 3.79. The maximum Gasteiger partial charge on any atom is 0.410 e. The minimum absolute atomic E-state index is 0.239. The molecule has 134 valence electrons. The number of carbonyl (C=O) groups excluding carboxylic acids is 1. The highest BCUT2D eigenvalue weighted by Gasteiger charge is 2.21. The van der Waals surface area contributed by atoms with Crippen LogP contribution in [0.1, 0.15) is 45.2 Å². The first-order valence-corrected chi connectivity index (χ1v) is 9.15. The van der Waals surface area contributed by atoms with E-state index in [-0.39, 0.29) is 12.1 Å². The first-order chi connectivity index (χ1) is 11.3. The van der Waals surface area contributed by atoms with E-state index in [0.29, 0.717) is 13.1 Å². The highest BCUT2D eigenvalue weighted by molar-refractivity contribution is 9.10. The Kier molecular flexibility index (Phi) is 6.52. The van der Waals surface area contributed by atoms with Gasteiger partial charge >= 0.3 is 6.09 Å². The number of nitrogens with zero attached hydrogens (tertiary/aromatic N) is 1. The number of carbonyl (C=O) groups is 1. The predicted octanol–water partition coefficient (Wildman–Crippen LogP) is 4.12. The zero-order valence-electron chi connectivity index (χ0n) is 14.9. The molecule has 5 nitrogen and oxygen atoms in total. The summed E-state index contributed by atoms with van der Waals surface area (Å²) < 4.78 is 12.2. The van der Waals surface area contributed by atoms with E-state index in [2.05, 4.69) is 27.3 Å². The summed E-state index contributed by atoms with van der Waals surface area (Å²) in [7, 11) is 1.76. The molecular weight excluding hydrogens is 372 g/mol. The van der Waals surface area contributed by atoms with Crippen LogP contribution in [0.15, 0.2) is 22.7 Å². The lowest BCUT2D eigenvalue weighted by atomic mass is 10.0. The third kappa shape index (κ3) is 5.67. The van der Waals surface area contributed by atoms with E-state index in [1.165, 1.54) is 5.56 Å². The Morgan fingerprint density at radius 1 is 1.46 bits per heavy atom. The van der Waals surface area contributed by atoms with Crippen LogP contribution in [0.4, 0.5) is 4.79 Å². The first kappa shape index (κ1) is 19.1. The molecule has 6 heteroatoms. The number of likely N-dealkylation sites (N-methyl/N-ethyl adjacent to an activating group) is 1. The molecule has 1 aliphatic heterocycles. The van der Waals surface area contributed by atoms with E-state index in [0.717, 1.165) is 29.7 Å². The number of hydrogen-bond donors (Lipinski definition) is 1. The summed E-state index contributed by atoms with van der Waals surface area (Å²) in [6.07, 6.45) is 1.73. The molecule has 1 unspecified atom stereocenters. The molecule has 24 heavy (non-hydrogen) atoms. The van der Waals surface area contributed by atoms with Crippen LogP contribution < -0.4 is 10.1 Å². The quantitative estimate of drug-likeness (QED) is 0.828. The van der Waals surface area contributed by atoms with E-state index in [4.69, 9.17) is 9.47 Å². The van der Waals surface area contributed by atoms with Crippen LogP contribution in [-0.2, 0) is 4.74 Å². The minimum Gasteiger partial charge on any atom is -0.493 e. The standard InChI is InChI=1S/C18H27BrN2O3/c1-18(2,3)24-17(22)21(4)10-9-20-15-6-5-11-23-16-12-13(19)7-8-14(15)16/h7-8,12,15,20H,5-6,9-11H2,1-4H3. The number of hydrogen-bond acceptors (Lipinski definition) is 4. The molecule has 0 aliphatic carbocycles. The summed E-state index contributed by atoms with van der Waals surface area (Å²) in [6, 6.07) is 6.39. The van der Waals surface area contributed by atoms with E-state index in [1.807, 2.05) is 32.9 Å². The topological polar surface area (TPSA) is 50.8 Å². The molecule has 0 saturated carbocycles. The molecule has 2 rings (SSSR count). The van der Waals surface area contributed by atoms with Gasteiger partial charge in [0.05, 0.1) is 6.61 Å². The van der Waals surface area contributed by atoms with Crippen molar-refractivity contribution < 1.29 is 14.3 Å². The van der Waals surface area contributed by atoms with Crippen molar-refractivity contribution in [3.05, 3.63) is 28.2 Å². The number of nitrogens with one attached hydrogen (secondary N) is 1. The lowest BCUT2D eigenvalue weighted by Crippen LogP contribution is -2.38. The van der Waals surface area contributed by atoms with Gasteiger partial charge in [0, 0.05) is 36.2 Å². The summed E-state index contributed by atoms with van der Waals surface area (Å²) in [6.45, 7) is 7.65. The largest absolute Gasteiger partial charge is 0.493 e. The van der Waals surface area contributed by atoms with Gasteiger partial charge in [-0.25, -0.2) is 4.79 Å². The van der Waals surface area contributed by atoms with Gasteiger partial charge in [0.15, 0.2) is 0 Å². The third-order valence-corrected chi connectivity index (χ3v) is 4.28. The molecule has 1 heterocycles. The molecule has 0 aromatic heterocycles. The van der Waals surface area contributed by atoms with Crippen LogP contribution in [0.2, 0.25) is 0 Å². The van der Waals surface area contributed by atoms with Crippen LogP contribution in [0.5, 0.6) is 5.75 Å². The summed E-state index contributed by atoms with van der Waals surface area (Å²) in [5.41, 5.74) is 0.708. The molecular formula is C18H27BrN2O3. The maximum absolute atomic E-state index is 12.0. The lowest BCUT2D eigenvalue weighted by molar-refractivity contribution is 0.0299. The Balaban J connectivity index is 1.89. The average Bonchev–Trinajstić information content (AvgIpc) is 2.67. The zero-order valence-corrected chi connectivity index (χ0v) is 16.5. The molecule has 1 aliphatic rings. The molecule has 0 bridgehead atoms. The van der Waals surface area contributed by atoms with Gasteiger partial charge in [0.2, 0.25) is 0 Å². The molecule has 1 N–H and O–H groups in total.